The normalized spacial score (nSPS) is 11.8. The minimum absolute atomic E-state index is 0.120. The van der Waals surface area contributed by atoms with E-state index in [9.17, 15) is 9.90 Å². The molecule has 5 heteroatoms. The number of carbonyl (C=O) groups is 1. The Bertz CT molecular complexity index is 893. The number of halogens is 2. The smallest absolute Gasteiger partial charge is 0.345 e. The van der Waals surface area contributed by atoms with Crippen molar-refractivity contribution in [1.82, 2.24) is 0 Å². The Morgan fingerprint density at radius 1 is 0.885 bits per heavy atom. The minimum Gasteiger partial charge on any atom is -0.478 e. The quantitative estimate of drug-likeness (QED) is 0.587. The summed E-state index contributed by atoms with van der Waals surface area (Å²) in [7, 11) is 0. The van der Waals surface area contributed by atoms with Crippen molar-refractivity contribution in [3.8, 4) is 16.9 Å². The Morgan fingerprint density at radius 3 is 2.19 bits per heavy atom. The summed E-state index contributed by atoms with van der Waals surface area (Å²) in [6.07, 6.45) is -0.941. The van der Waals surface area contributed by atoms with Gasteiger partial charge >= 0.3 is 5.97 Å². The van der Waals surface area contributed by atoms with Crippen molar-refractivity contribution < 1.29 is 14.6 Å². The minimum atomic E-state index is -1.06. The first-order valence-electron chi connectivity index (χ1n) is 8.02. The Labute approximate surface area is 161 Å². The number of aliphatic carboxylic acids is 1. The van der Waals surface area contributed by atoms with Crippen molar-refractivity contribution in [2.24, 2.45) is 0 Å². The van der Waals surface area contributed by atoms with Crippen LogP contribution in [0.15, 0.2) is 72.8 Å². The van der Waals surface area contributed by atoms with Crippen LogP contribution in [0.25, 0.3) is 11.1 Å². The first kappa shape index (κ1) is 18.3. The van der Waals surface area contributed by atoms with Gasteiger partial charge in [-0.2, -0.15) is 0 Å². The van der Waals surface area contributed by atoms with Gasteiger partial charge < -0.3 is 9.84 Å². The molecule has 0 saturated heterocycles. The molecule has 1 atom stereocenters. The summed E-state index contributed by atoms with van der Waals surface area (Å²) in [5.41, 5.74) is 2.75. The zero-order valence-corrected chi connectivity index (χ0v) is 15.2. The molecule has 1 N–H and O–H groups in total. The van der Waals surface area contributed by atoms with Gasteiger partial charge in [0.1, 0.15) is 5.75 Å². The van der Waals surface area contributed by atoms with Crippen molar-refractivity contribution in [2.75, 3.05) is 0 Å². The molecular formula is C21H16Cl2O3. The van der Waals surface area contributed by atoms with Crippen LogP contribution < -0.4 is 4.74 Å². The van der Waals surface area contributed by atoms with Crippen molar-refractivity contribution in [3.63, 3.8) is 0 Å². The van der Waals surface area contributed by atoms with Gasteiger partial charge in [0.15, 0.2) is 6.10 Å². The Kier molecular flexibility index (Phi) is 5.82. The molecule has 0 heterocycles. The number of hydrogen-bond acceptors (Lipinski definition) is 2. The highest BCUT2D eigenvalue weighted by atomic mass is 35.5. The standard InChI is InChI=1S/C21H16Cl2O3/c22-18-8-4-7-16(20(18)23)13-19(21(24)25)26-17-11-9-15(10-12-17)14-5-2-1-3-6-14/h1-12,19H,13H2,(H,24,25). The largest absolute Gasteiger partial charge is 0.478 e. The van der Waals surface area contributed by atoms with E-state index in [-0.39, 0.29) is 6.42 Å². The summed E-state index contributed by atoms with van der Waals surface area (Å²) < 4.78 is 5.66. The van der Waals surface area contributed by atoms with Crippen molar-refractivity contribution in [3.05, 3.63) is 88.4 Å². The van der Waals surface area contributed by atoms with Crippen LogP contribution in [-0.4, -0.2) is 17.2 Å². The highest BCUT2D eigenvalue weighted by Gasteiger charge is 2.22. The molecule has 0 aliphatic carbocycles. The van der Waals surface area contributed by atoms with Gasteiger partial charge in [-0.15, -0.1) is 0 Å². The average Bonchev–Trinajstić information content (AvgIpc) is 2.66. The number of ether oxygens (including phenoxy) is 1. The van der Waals surface area contributed by atoms with Crippen LogP contribution in [0.3, 0.4) is 0 Å². The molecule has 3 rings (SSSR count). The van der Waals surface area contributed by atoms with E-state index >= 15 is 0 Å². The topological polar surface area (TPSA) is 46.5 Å². The molecule has 0 aliphatic heterocycles. The van der Waals surface area contributed by atoms with Gasteiger partial charge in [-0.1, -0.05) is 77.8 Å². The molecule has 3 nitrogen and oxygen atoms in total. The molecule has 0 aliphatic rings. The zero-order chi connectivity index (χ0) is 18.5. The van der Waals surface area contributed by atoms with Gasteiger partial charge in [0.25, 0.3) is 0 Å². The second-order valence-corrected chi connectivity index (χ2v) is 6.54. The molecule has 0 bridgehead atoms. The first-order valence-corrected chi connectivity index (χ1v) is 8.78. The maximum absolute atomic E-state index is 11.6. The molecule has 132 valence electrons. The van der Waals surface area contributed by atoms with Crippen LogP contribution in [0.4, 0.5) is 0 Å². The zero-order valence-electron chi connectivity index (χ0n) is 13.7. The lowest BCUT2D eigenvalue weighted by Gasteiger charge is -2.16. The maximum atomic E-state index is 11.6. The van der Waals surface area contributed by atoms with E-state index in [2.05, 4.69) is 0 Å². The van der Waals surface area contributed by atoms with Gasteiger partial charge in [0, 0.05) is 6.42 Å². The average molecular weight is 387 g/mol. The van der Waals surface area contributed by atoms with E-state index < -0.39 is 12.1 Å². The molecule has 0 aromatic heterocycles. The van der Waals surface area contributed by atoms with Crippen LogP contribution >= 0.6 is 23.2 Å². The lowest BCUT2D eigenvalue weighted by Crippen LogP contribution is -2.29. The third kappa shape index (κ3) is 4.37. The van der Waals surface area contributed by atoms with E-state index in [1.807, 2.05) is 42.5 Å². The van der Waals surface area contributed by atoms with E-state index in [4.69, 9.17) is 27.9 Å². The third-order valence-corrected chi connectivity index (χ3v) is 4.81. The fourth-order valence-electron chi connectivity index (χ4n) is 2.61. The number of carboxylic acids is 1. The van der Waals surface area contributed by atoms with Crippen LogP contribution in [0.2, 0.25) is 10.0 Å². The molecule has 0 amide bonds. The van der Waals surface area contributed by atoms with E-state index in [1.54, 1.807) is 30.3 Å². The second-order valence-electron chi connectivity index (χ2n) is 5.75. The summed E-state index contributed by atoms with van der Waals surface area (Å²) in [6.45, 7) is 0. The van der Waals surface area contributed by atoms with E-state index in [1.165, 1.54) is 0 Å². The summed E-state index contributed by atoms with van der Waals surface area (Å²) >= 11 is 12.1. The summed E-state index contributed by atoms with van der Waals surface area (Å²) in [5, 5.41) is 10.2. The van der Waals surface area contributed by atoms with Gasteiger partial charge in [0.2, 0.25) is 0 Å². The molecule has 26 heavy (non-hydrogen) atoms. The predicted octanol–water partition coefficient (Wildman–Crippen LogP) is 5.74. The van der Waals surface area contributed by atoms with Crippen LogP contribution in [0.1, 0.15) is 5.56 Å². The van der Waals surface area contributed by atoms with Gasteiger partial charge in [-0.3, -0.25) is 0 Å². The van der Waals surface area contributed by atoms with Crippen LogP contribution in [0, 0.1) is 0 Å². The van der Waals surface area contributed by atoms with Crippen LogP contribution in [0.5, 0.6) is 5.75 Å². The third-order valence-electron chi connectivity index (χ3n) is 3.95. The van der Waals surface area contributed by atoms with Crippen molar-refractivity contribution in [2.45, 2.75) is 12.5 Å². The molecular weight excluding hydrogens is 371 g/mol. The van der Waals surface area contributed by atoms with Crippen molar-refractivity contribution in [1.29, 1.82) is 0 Å². The van der Waals surface area contributed by atoms with Crippen molar-refractivity contribution >= 4 is 29.2 Å². The highest BCUT2D eigenvalue weighted by molar-refractivity contribution is 6.42. The Balaban J connectivity index is 1.76. The van der Waals surface area contributed by atoms with Gasteiger partial charge in [0.05, 0.1) is 10.0 Å². The molecule has 0 saturated carbocycles. The fraction of sp³-hybridized carbons (Fsp3) is 0.0952. The number of rotatable bonds is 6. The Morgan fingerprint density at radius 2 is 1.54 bits per heavy atom. The first-order chi connectivity index (χ1) is 12.5. The molecule has 0 spiro atoms. The van der Waals surface area contributed by atoms with E-state index in [0.29, 0.717) is 21.4 Å². The van der Waals surface area contributed by atoms with E-state index in [0.717, 1.165) is 11.1 Å². The number of hydrogen-bond donors (Lipinski definition) is 1. The van der Waals surface area contributed by atoms with Gasteiger partial charge in [-0.05, 0) is 34.9 Å². The fourth-order valence-corrected chi connectivity index (χ4v) is 3.00. The highest BCUT2D eigenvalue weighted by Crippen LogP contribution is 2.28. The molecule has 3 aromatic rings. The van der Waals surface area contributed by atoms with Crippen LogP contribution in [-0.2, 0) is 11.2 Å². The molecule has 0 fully saturated rings. The lowest BCUT2D eigenvalue weighted by atomic mass is 10.1. The SMILES string of the molecule is O=C(O)C(Cc1cccc(Cl)c1Cl)Oc1ccc(-c2ccccc2)cc1. The predicted molar refractivity (Wildman–Crippen MR) is 104 cm³/mol. The number of carboxylic acid groups (broad SMARTS) is 1. The summed E-state index contributed by atoms with van der Waals surface area (Å²) in [6, 6.07) is 22.4. The van der Waals surface area contributed by atoms with Gasteiger partial charge in [-0.25, -0.2) is 4.79 Å². The monoisotopic (exact) mass is 386 g/mol. The summed E-state index contributed by atoms with van der Waals surface area (Å²) in [4.78, 5) is 11.6. The second kappa shape index (κ2) is 8.26. The number of benzene rings is 3. The Hall–Kier alpha value is -2.49. The lowest BCUT2D eigenvalue weighted by molar-refractivity contribution is -0.145. The molecule has 1 unspecified atom stereocenters. The maximum Gasteiger partial charge on any atom is 0.345 e. The molecule has 0 radical (unpaired) electrons. The summed E-state index contributed by atoms with van der Waals surface area (Å²) in [5.74, 6) is -0.580. The molecule has 3 aromatic carbocycles.